The molecule has 164 valence electrons. The molecular formula is C24H38ClNO3. The Balaban J connectivity index is 2.38. The highest BCUT2D eigenvalue weighted by atomic mass is 35.5. The Labute approximate surface area is 181 Å². The molecular weight excluding hydrogens is 386 g/mol. The Morgan fingerprint density at radius 2 is 2.10 bits per heavy atom. The smallest absolute Gasteiger partial charge is 0.220 e. The second-order valence-corrected chi connectivity index (χ2v) is 8.19. The Hall–Kier alpha value is -1.39. The Morgan fingerprint density at radius 1 is 1.34 bits per heavy atom. The van der Waals surface area contributed by atoms with Crippen LogP contribution in [0.4, 0.5) is 0 Å². The van der Waals surface area contributed by atoms with E-state index in [-0.39, 0.29) is 23.7 Å². The van der Waals surface area contributed by atoms with Crippen molar-refractivity contribution in [2.45, 2.75) is 84.7 Å². The number of ether oxygens (including phenoxy) is 1. The van der Waals surface area contributed by atoms with Gasteiger partial charge in [0.05, 0.1) is 6.10 Å². The molecule has 1 N–H and O–H groups in total. The van der Waals surface area contributed by atoms with Crippen molar-refractivity contribution < 1.29 is 14.3 Å². The molecule has 1 aliphatic carbocycles. The van der Waals surface area contributed by atoms with Gasteiger partial charge in [-0.1, -0.05) is 62.4 Å². The van der Waals surface area contributed by atoms with Crippen molar-refractivity contribution in [1.29, 1.82) is 0 Å². The molecule has 0 aromatic heterocycles. The van der Waals surface area contributed by atoms with Gasteiger partial charge in [0.1, 0.15) is 0 Å². The van der Waals surface area contributed by atoms with E-state index in [1.54, 1.807) is 7.11 Å². The quantitative estimate of drug-likeness (QED) is 0.298. The van der Waals surface area contributed by atoms with Gasteiger partial charge >= 0.3 is 0 Å². The second-order valence-electron chi connectivity index (χ2n) is 7.97. The van der Waals surface area contributed by atoms with Crippen LogP contribution in [0, 0.1) is 5.92 Å². The lowest BCUT2D eigenvalue weighted by Crippen LogP contribution is -2.29. The van der Waals surface area contributed by atoms with Crippen LogP contribution in [0.3, 0.4) is 0 Å². The first-order valence-electron chi connectivity index (χ1n) is 10.9. The van der Waals surface area contributed by atoms with Crippen molar-refractivity contribution in [1.82, 2.24) is 5.32 Å². The van der Waals surface area contributed by atoms with Crippen LogP contribution in [0.25, 0.3) is 0 Å². The third-order valence-corrected chi connectivity index (χ3v) is 5.83. The van der Waals surface area contributed by atoms with E-state index in [1.807, 2.05) is 19.9 Å². The van der Waals surface area contributed by atoms with Crippen LogP contribution in [-0.4, -0.2) is 31.4 Å². The number of ketones is 1. The van der Waals surface area contributed by atoms with Crippen LogP contribution in [-0.2, 0) is 14.3 Å². The first-order chi connectivity index (χ1) is 13.9. The summed E-state index contributed by atoms with van der Waals surface area (Å²) in [6.07, 6.45) is 12.9. The Morgan fingerprint density at radius 3 is 2.76 bits per heavy atom. The normalized spacial score (nSPS) is 19.1. The number of hydrogen-bond acceptors (Lipinski definition) is 3. The average molecular weight is 424 g/mol. The van der Waals surface area contributed by atoms with Gasteiger partial charge in [0.25, 0.3) is 0 Å². The van der Waals surface area contributed by atoms with Gasteiger partial charge in [-0.3, -0.25) is 9.59 Å². The second kappa shape index (κ2) is 14.6. The van der Waals surface area contributed by atoms with Crippen molar-refractivity contribution in [2.75, 3.05) is 13.7 Å². The lowest BCUT2D eigenvalue weighted by Gasteiger charge is -2.23. The Bertz CT molecular complexity index is 622. The van der Waals surface area contributed by atoms with Crippen LogP contribution in [0.1, 0.15) is 78.6 Å². The van der Waals surface area contributed by atoms with Crippen LogP contribution < -0.4 is 5.32 Å². The number of amides is 1. The summed E-state index contributed by atoms with van der Waals surface area (Å²) in [5.41, 5.74) is 3.90. The molecule has 1 amide bonds. The van der Waals surface area contributed by atoms with Crippen molar-refractivity contribution in [2.24, 2.45) is 5.92 Å². The third kappa shape index (κ3) is 9.31. The fourth-order valence-corrected chi connectivity index (χ4v) is 3.76. The van der Waals surface area contributed by atoms with Gasteiger partial charge in [-0.2, -0.15) is 0 Å². The third-order valence-electron chi connectivity index (χ3n) is 5.57. The molecule has 0 bridgehead atoms. The van der Waals surface area contributed by atoms with Crippen molar-refractivity contribution in [3.63, 3.8) is 0 Å². The maximum Gasteiger partial charge on any atom is 0.220 e. The highest BCUT2D eigenvalue weighted by Gasteiger charge is 2.27. The number of allylic oxidation sites excluding steroid dienone is 2. The van der Waals surface area contributed by atoms with E-state index < -0.39 is 0 Å². The van der Waals surface area contributed by atoms with E-state index in [2.05, 4.69) is 18.3 Å². The monoisotopic (exact) mass is 423 g/mol. The van der Waals surface area contributed by atoms with Gasteiger partial charge in [0.2, 0.25) is 5.91 Å². The first kappa shape index (κ1) is 25.6. The summed E-state index contributed by atoms with van der Waals surface area (Å²) in [6, 6.07) is 0. The highest BCUT2D eigenvalue weighted by Crippen LogP contribution is 2.30. The SMILES string of the molecule is CCCCC[C@@H](C/C=C/CCC(=O)NC/C(=C/Cl)C1=C(C)CC[C@H](C)C1=O)OC. The molecule has 0 aromatic rings. The summed E-state index contributed by atoms with van der Waals surface area (Å²) >= 11 is 5.97. The fraction of sp³-hybridized carbons (Fsp3) is 0.667. The molecule has 29 heavy (non-hydrogen) atoms. The fourth-order valence-electron chi connectivity index (χ4n) is 3.58. The molecule has 0 fully saturated rings. The molecule has 2 atom stereocenters. The van der Waals surface area contributed by atoms with Crippen LogP contribution in [0.2, 0.25) is 0 Å². The summed E-state index contributed by atoms with van der Waals surface area (Å²) in [4.78, 5) is 24.7. The summed E-state index contributed by atoms with van der Waals surface area (Å²) < 4.78 is 5.50. The summed E-state index contributed by atoms with van der Waals surface area (Å²) in [7, 11) is 1.76. The van der Waals surface area contributed by atoms with E-state index in [4.69, 9.17) is 16.3 Å². The van der Waals surface area contributed by atoms with E-state index in [0.29, 0.717) is 30.5 Å². The molecule has 0 saturated heterocycles. The lowest BCUT2D eigenvalue weighted by molar-refractivity contribution is -0.121. The van der Waals surface area contributed by atoms with Gasteiger partial charge in [-0.15, -0.1) is 0 Å². The molecule has 0 aliphatic heterocycles. The molecule has 5 heteroatoms. The molecule has 4 nitrogen and oxygen atoms in total. The minimum absolute atomic E-state index is 0.0130. The van der Waals surface area contributed by atoms with E-state index >= 15 is 0 Å². The molecule has 0 saturated carbocycles. The summed E-state index contributed by atoms with van der Waals surface area (Å²) in [5.74, 6) is 0.106. The minimum Gasteiger partial charge on any atom is -0.381 e. The number of methoxy groups -OCH3 is 1. The predicted octanol–water partition coefficient (Wildman–Crippen LogP) is 5.86. The number of hydrogen-bond donors (Lipinski definition) is 1. The van der Waals surface area contributed by atoms with Gasteiger partial charge in [-0.25, -0.2) is 0 Å². The maximum absolute atomic E-state index is 12.5. The lowest BCUT2D eigenvalue weighted by atomic mass is 9.81. The highest BCUT2D eigenvalue weighted by molar-refractivity contribution is 6.26. The van der Waals surface area contributed by atoms with Crippen molar-refractivity contribution >= 4 is 23.3 Å². The van der Waals surface area contributed by atoms with Gasteiger partial charge < -0.3 is 10.1 Å². The molecule has 0 aromatic carbocycles. The van der Waals surface area contributed by atoms with E-state index in [1.165, 1.54) is 24.8 Å². The zero-order valence-corrected chi connectivity index (χ0v) is 19.3. The largest absolute Gasteiger partial charge is 0.381 e. The molecule has 0 unspecified atom stereocenters. The van der Waals surface area contributed by atoms with Gasteiger partial charge in [0, 0.05) is 37.1 Å². The number of unbranched alkanes of at least 4 members (excludes halogenated alkanes) is 2. The number of rotatable bonds is 13. The topological polar surface area (TPSA) is 55.4 Å². The van der Waals surface area contributed by atoms with E-state index in [0.717, 1.165) is 31.3 Å². The standard InChI is InChI=1S/C24H38ClNO3/c1-5-6-8-11-21(29-4)12-9-7-10-13-22(27)26-17-20(16-25)23-18(2)14-15-19(3)24(23)28/h7,9,16,19,21H,5-6,8,10-15,17H2,1-4H3,(H,26,27)/b9-7+,20-16-/t19-,21-/m0/s1. The number of carbonyl (C=O) groups is 2. The number of Topliss-reactive ketones (excluding diaryl/α,β-unsaturated/α-hetero) is 1. The number of halogens is 1. The minimum atomic E-state index is -0.0357. The summed E-state index contributed by atoms with van der Waals surface area (Å²) in [5, 5.41) is 2.90. The maximum atomic E-state index is 12.5. The molecule has 1 aliphatic rings. The summed E-state index contributed by atoms with van der Waals surface area (Å²) in [6.45, 7) is 6.41. The van der Waals surface area contributed by atoms with Crippen LogP contribution in [0.15, 0.2) is 34.4 Å². The molecule has 1 rings (SSSR count). The predicted molar refractivity (Wildman–Crippen MR) is 121 cm³/mol. The Kier molecular flexibility index (Phi) is 12.9. The molecule has 0 heterocycles. The van der Waals surface area contributed by atoms with Crippen LogP contribution in [0.5, 0.6) is 0 Å². The molecule has 0 spiro atoms. The average Bonchev–Trinajstić information content (AvgIpc) is 2.71. The van der Waals surface area contributed by atoms with Crippen molar-refractivity contribution in [3.05, 3.63) is 34.4 Å². The zero-order chi connectivity index (χ0) is 21.6. The molecule has 0 radical (unpaired) electrons. The van der Waals surface area contributed by atoms with E-state index in [9.17, 15) is 9.59 Å². The number of carbonyl (C=O) groups excluding carboxylic acids is 2. The van der Waals surface area contributed by atoms with Crippen molar-refractivity contribution in [3.8, 4) is 0 Å². The number of nitrogens with one attached hydrogen (secondary N) is 1. The van der Waals surface area contributed by atoms with Crippen LogP contribution >= 0.6 is 11.6 Å². The van der Waals surface area contributed by atoms with Gasteiger partial charge in [-0.05, 0) is 44.6 Å². The zero-order valence-electron chi connectivity index (χ0n) is 18.6. The first-order valence-corrected chi connectivity index (χ1v) is 11.4. The van der Waals surface area contributed by atoms with Gasteiger partial charge in [0.15, 0.2) is 5.78 Å².